The van der Waals surface area contributed by atoms with E-state index in [-0.39, 0.29) is 5.02 Å². The summed E-state index contributed by atoms with van der Waals surface area (Å²) in [5.41, 5.74) is 1.20. The van der Waals surface area contributed by atoms with Crippen LogP contribution >= 0.6 is 11.6 Å². The van der Waals surface area contributed by atoms with Gasteiger partial charge in [-0.3, -0.25) is 4.90 Å². The van der Waals surface area contributed by atoms with Gasteiger partial charge in [-0.25, -0.2) is 18.0 Å². The van der Waals surface area contributed by atoms with Gasteiger partial charge < -0.3 is 5.32 Å². The van der Waals surface area contributed by atoms with Gasteiger partial charge in [-0.1, -0.05) is 11.6 Å². The summed E-state index contributed by atoms with van der Waals surface area (Å²) in [5, 5.41) is 2.43. The van der Waals surface area contributed by atoms with E-state index in [0.717, 1.165) is 18.2 Å². The zero-order chi connectivity index (χ0) is 15.9. The fourth-order valence-electron chi connectivity index (χ4n) is 2.36. The summed E-state index contributed by atoms with van der Waals surface area (Å²) in [7, 11) is 0. The molecule has 0 saturated carbocycles. The number of nitrogens with zero attached hydrogens (tertiary/aromatic N) is 1. The molecule has 1 heterocycles. The molecule has 0 atom stereocenters. The van der Waals surface area contributed by atoms with Gasteiger partial charge >= 0.3 is 6.03 Å². The molecule has 3 rings (SSSR count). The monoisotopic (exact) mass is 326 g/mol. The summed E-state index contributed by atoms with van der Waals surface area (Å²) in [6.07, 6.45) is 0.435. The second-order valence-corrected chi connectivity index (χ2v) is 5.26. The van der Waals surface area contributed by atoms with Gasteiger partial charge in [-0.15, -0.1) is 0 Å². The Bertz CT molecular complexity index is 767. The van der Waals surface area contributed by atoms with Gasteiger partial charge in [0, 0.05) is 18.3 Å². The summed E-state index contributed by atoms with van der Waals surface area (Å²) in [4.78, 5) is 13.5. The van der Waals surface area contributed by atoms with E-state index in [2.05, 4.69) is 5.32 Å². The largest absolute Gasteiger partial charge is 0.326 e. The minimum absolute atomic E-state index is 0.118. The maximum atomic E-state index is 13.3. The van der Waals surface area contributed by atoms with E-state index < -0.39 is 23.5 Å². The number of nitrogens with one attached hydrogen (secondary N) is 1. The average Bonchev–Trinajstić information content (AvgIpc) is 2.86. The molecular formula is C15H10ClF3N2O. The predicted octanol–water partition coefficient (Wildman–Crippen LogP) is 4.35. The lowest BCUT2D eigenvalue weighted by Gasteiger charge is -2.18. The first-order chi connectivity index (χ1) is 10.5. The highest BCUT2D eigenvalue weighted by Crippen LogP contribution is 2.31. The van der Waals surface area contributed by atoms with Crippen LogP contribution in [0.3, 0.4) is 0 Å². The van der Waals surface area contributed by atoms with Gasteiger partial charge in [0.25, 0.3) is 0 Å². The molecule has 22 heavy (non-hydrogen) atoms. The van der Waals surface area contributed by atoms with Crippen molar-refractivity contribution >= 4 is 29.0 Å². The minimum Gasteiger partial charge on any atom is -0.307 e. The molecule has 0 radical (unpaired) electrons. The number of urea groups is 1. The normalized spacial score (nSPS) is 13.2. The number of fused-ring (bicyclic) bond motifs is 1. The minimum atomic E-state index is -1.01. The molecule has 0 bridgehead atoms. The van der Waals surface area contributed by atoms with Crippen LogP contribution in [0.25, 0.3) is 0 Å². The van der Waals surface area contributed by atoms with Gasteiger partial charge in [0.15, 0.2) is 11.6 Å². The molecule has 7 heteroatoms. The number of anilines is 2. The molecule has 1 aliphatic heterocycles. The Labute approximate surface area is 129 Å². The molecular weight excluding hydrogens is 317 g/mol. The molecule has 2 aromatic carbocycles. The number of amides is 2. The van der Waals surface area contributed by atoms with Gasteiger partial charge in [0.2, 0.25) is 0 Å². The van der Waals surface area contributed by atoms with E-state index in [1.807, 2.05) is 0 Å². The Morgan fingerprint density at radius 2 is 1.82 bits per heavy atom. The summed E-state index contributed by atoms with van der Waals surface area (Å²) < 4.78 is 39.6. The third kappa shape index (κ3) is 2.62. The molecule has 1 aliphatic rings. The third-order valence-corrected chi connectivity index (χ3v) is 3.72. The Morgan fingerprint density at radius 1 is 1.09 bits per heavy atom. The lowest BCUT2D eigenvalue weighted by molar-refractivity contribution is 0.257. The number of rotatable bonds is 1. The maximum absolute atomic E-state index is 13.3. The van der Waals surface area contributed by atoms with Crippen LogP contribution in [0.15, 0.2) is 30.3 Å². The number of carbonyl (C=O) groups is 1. The SMILES string of the molecule is O=C(Nc1ccc(F)c(Cl)c1)N1CCc2cc(F)c(F)cc21. The molecule has 114 valence electrons. The number of benzene rings is 2. The van der Waals surface area contributed by atoms with Gasteiger partial charge in [-0.05, 0) is 36.2 Å². The van der Waals surface area contributed by atoms with Crippen molar-refractivity contribution in [3.05, 3.63) is 58.4 Å². The van der Waals surface area contributed by atoms with Gasteiger partial charge in [-0.2, -0.15) is 0 Å². The summed E-state index contributed by atoms with van der Waals surface area (Å²) in [6.45, 7) is 0.305. The van der Waals surface area contributed by atoms with Crippen molar-refractivity contribution in [3.8, 4) is 0 Å². The highest BCUT2D eigenvalue weighted by atomic mass is 35.5. The third-order valence-electron chi connectivity index (χ3n) is 3.43. The average molecular weight is 327 g/mol. The number of hydrogen-bond acceptors (Lipinski definition) is 1. The van der Waals surface area contributed by atoms with Crippen LogP contribution in [0, 0.1) is 17.5 Å². The fourth-order valence-corrected chi connectivity index (χ4v) is 2.54. The maximum Gasteiger partial charge on any atom is 0.326 e. The Kier molecular flexibility index (Phi) is 3.70. The van der Waals surface area contributed by atoms with Crippen LogP contribution in [0.5, 0.6) is 0 Å². The zero-order valence-electron chi connectivity index (χ0n) is 11.2. The van der Waals surface area contributed by atoms with E-state index in [0.29, 0.717) is 29.9 Å². The van der Waals surface area contributed by atoms with Crippen molar-refractivity contribution in [2.75, 3.05) is 16.8 Å². The Hall–Kier alpha value is -2.21. The predicted molar refractivity (Wildman–Crippen MR) is 77.8 cm³/mol. The first-order valence-electron chi connectivity index (χ1n) is 6.47. The number of halogens is 4. The van der Waals surface area contributed by atoms with E-state index in [4.69, 9.17) is 11.6 Å². The van der Waals surface area contributed by atoms with Crippen molar-refractivity contribution < 1.29 is 18.0 Å². The molecule has 1 N–H and O–H groups in total. The van der Waals surface area contributed by atoms with Crippen LogP contribution in [-0.2, 0) is 6.42 Å². The van der Waals surface area contributed by atoms with Crippen molar-refractivity contribution in [1.29, 1.82) is 0 Å². The molecule has 0 fully saturated rings. The van der Waals surface area contributed by atoms with Crippen molar-refractivity contribution in [2.24, 2.45) is 0 Å². The first kappa shape index (κ1) is 14.7. The summed E-state index contributed by atoms with van der Waals surface area (Å²) >= 11 is 5.65. The quantitative estimate of drug-likeness (QED) is 0.830. The van der Waals surface area contributed by atoms with Gasteiger partial charge in [0.1, 0.15) is 5.82 Å². The molecule has 3 nitrogen and oxygen atoms in total. The van der Waals surface area contributed by atoms with Gasteiger partial charge in [0.05, 0.1) is 10.7 Å². The second kappa shape index (κ2) is 5.53. The number of hydrogen-bond donors (Lipinski definition) is 1. The van der Waals surface area contributed by atoms with Crippen molar-refractivity contribution in [2.45, 2.75) is 6.42 Å². The highest BCUT2D eigenvalue weighted by Gasteiger charge is 2.26. The first-order valence-corrected chi connectivity index (χ1v) is 6.85. The zero-order valence-corrected chi connectivity index (χ0v) is 11.9. The summed E-state index contributed by atoms with van der Waals surface area (Å²) in [6, 6.07) is 5.33. The number of carbonyl (C=O) groups excluding carboxylic acids is 1. The highest BCUT2D eigenvalue weighted by molar-refractivity contribution is 6.31. The van der Waals surface area contributed by atoms with E-state index >= 15 is 0 Å². The van der Waals surface area contributed by atoms with Crippen LogP contribution in [0.2, 0.25) is 5.02 Å². The molecule has 0 aromatic heterocycles. The smallest absolute Gasteiger partial charge is 0.307 e. The molecule has 0 unspecified atom stereocenters. The molecule has 2 amide bonds. The van der Waals surface area contributed by atoms with Crippen LogP contribution in [0.1, 0.15) is 5.56 Å². The lowest BCUT2D eigenvalue weighted by Crippen LogP contribution is -2.33. The van der Waals surface area contributed by atoms with Crippen LogP contribution in [-0.4, -0.2) is 12.6 Å². The summed E-state index contributed by atoms with van der Waals surface area (Å²) in [5.74, 6) is -2.54. The van der Waals surface area contributed by atoms with Crippen LogP contribution < -0.4 is 10.2 Å². The molecule has 0 saturated heterocycles. The molecule has 0 aliphatic carbocycles. The van der Waals surface area contributed by atoms with E-state index in [1.165, 1.54) is 17.0 Å². The fraction of sp³-hybridized carbons (Fsp3) is 0.133. The molecule has 2 aromatic rings. The Morgan fingerprint density at radius 3 is 2.55 bits per heavy atom. The Balaban J connectivity index is 1.83. The second-order valence-electron chi connectivity index (χ2n) is 4.86. The van der Waals surface area contributed by atoms with Crippen molar-refractivity contribution in [1.82, 2.24) is 0 Å². The molecule has 0 spiro atoms. The van der Waals surface area contributed by atoms with E-state index in [9.17, 15) is 18.0 Å². The topological polar surface area (TPSA) is 32.3 Å². The van der Waals surface area contributed by atoms with E-state index in [1.54, 1.807) is 0 Å². The van der Waals surface area contributed by atoms with Crippen molar-refractivity contribution in [3.63, 3.8) is 0 Å². The standard InChI is InChI=1S/C15H10ClF3N2O/c16-10-6-9(1-2-11(10)17)20-15(22)21-4-3-8-5-12(18)13(19)7-14(8)21/h1-2,5-7H,3-4H2,(H,20,22). The van der Waals surface area contributed by atoms with Crippen LogP contribution in [0.4, 0.5) is 29.3 Å². The lowest BCUT2D eigenvalue weighted by atomic mass is 10.1.